The van der Waals surface area contributed by atoms with E-state index in [4.69, 9.17) is 16.3 Å². The van der Waals surface area contributed by atoms with E-state index >= 15 is 0 Å². The van der Waals surface area contributed by atoms with Crippen LogP contribution >= 0.6 is 11.6 Å². The highest BCUT2D eigenvalue weighted by molar-refractivity contribution is 6.32. The van der Waals surface area contributed by atoms with Crippen LogP contribution in [-0.4, -0.2) is 59.4 Å². The number of aromatic nitrogens is 1. The first-order valence-electron chi connectivity index (χ1n) is 8.24. The van der Waals surface area contributed by atoms with Crippen molar-refractivity contribution in [3.63, 3.8) is 0 Å². The predicted octanol–water partition coefficient (Wildman–Crippen LogP) is 2.67. The number of H-pyrrole nitrogens is 1. The highest BCUT2D eigenvalue weighted by Gasteiger charge is 2.26. The molecule has 1 saturated heterocycles. The number of hydrogen-bond donors (Lipinski definition) is 1. The van der Waals surface area contributed by atoms with E-state index in [1.165, 1.54) is 0 Å². The molecular weight excluding hydrogens is 342 g/mol. The van der Waals surface area contributed by atoms with Crippen LogP contribution in [0.15, 0.2) is 36.5 Å². The van der Waals surface area contributed by atoms with E-state index in [0.717, 1.165) is 0 Å². The highest BCUT2D eigenvalue weighted by Crippen LogP contribution is 2.26. The summed E-state index contributed by atoms with van der Waals surface area (Å²) < 4.78 is 5.39. The maximum absolute atomic E-state index is 12.6. The molecule has 0 atom stereocenters. The van der Waals surface area contributed by atoms with Crippen LogP contribution in [0, 0.1) is 0 Å². The van der Waals surface area contributed by atoms with Gasteiger partial charge in [-0.05, 0) is 37.3 Å². The van der Waals surface area contributed by atoms with Gasteiger partial charge in [0, 0.05) is 37.9 Å². The SMILES string of the molecule is CCOc1ccc(C(=O)N2CCN(C(=O)c3ccc[nH]3)CC2)cc1Cl. The van der Waals surface area contributed by atoms with E-state index in [-0.39, 0.29) is 11.8 Å². The molecular formula is C18H20ClN3O3. The van der Waals surface area contributed by atoms with Crippen molar-refractivity contribution >= 4 is 23.4 Å². The van der Waals surface area contributed by atoms with Gasteiger partial charge in [0.25, 0.3) is 11.8 Å². The van der Waals surface area contributed by atoms with Gasteiger partial charge in [-0.1, -0.05) is 11.6 Å². The number of nitrogens with one attached hydrogen (secondary N) is 1. The van der Waals surface area contributed by atoms with E-state index in [0.29, 0.717) is 54.8 Å². The molecule has 6 nitrogen and oxygen atoms in total. The standard InChI is InChI=1S/C18H20ClN3O3/c1-2-25-16-6-5-13(12-14(16)19)17(23)21-8-10-22(11-9-21)18(24)15-4-3-7-20-15/h3-7,12,20H,2,8-11H2,1H3. The largest absolute Gasteiger partial charge is 0.492 e. The number of benzene rings is 1. The number of carbonyl (C=O) groups excluding carboxylic acids is 2. The Morgan fingerprint density at radius 3 is 2.36 bits per heavy atom. The molecule has 1 aromatic carbocycles. The molecule has 1 fully saturated rings. The van der Waals surface area contributed by atoms with E-state index in [1.807, 2.05) is 6.92 Å². The number of piperazine rings is 1. The summed E-state index contributed by atoms with van der Waals surface area (Å²) in [7, 11) is 0. The summed E-state index contributed by atoms with van der Waals surface area (Å²) in [5, 5.41) is 0.424. The highest BCUT2D eigenvalue weighted by atomic mass is 35.5. The maximum atomic E-state index is 12.6. The zero-order chi connectivity index (χ0) is 17.8. The average Bonchev–Trinajstić information content (AvgIpc) is 3.17. The summed E-state index contributed by atoms with van der Waals surface area (Å²) in [5.74, 6) is 0.445. The van der Waals surface area contributed by atoms with Crippen LogP contribution in [0.4, 0.5) is 0 Å². The van der Waals surface area contributed by atoms with Gasteiger partial charge in [0.05, 0.1) is 11.6 Å². The summed E-state index contributed by atoms with van der Waals surface area (Å²) in [6.45, 7) is 4.40. The van der Waals surface area contributed by atoms with Gasteiger partial charge >= 0.3 is 0 Å². The number of hydrogen-bond acceptors (Lipinski definition) is 3. The zero-order valence-electron chi connectivity index (χ0n) is 14.0. The second-order valence-electron chi connectivity index (χ2n) is 5.75. The topological polar surface area (TPSA) is 65.6 Å². The normalized spacial score (nSPS) is 14.5. The van der Waals surface area contributed by atoms with Crippen LogP contribution < -0.4 is 4.74 Å². The minimum Gasteiger partial charge on any atom is -0.492 e. The molecule has 132 valence electrons. The minimum absolute atomic E-state index is 0.0405. The molecule has 1 aliphatic heterocycles. The predicted molar refractivity (Wildman–Crippen MR) is 95.2 cm³/mol. The van der Waals surface area contributed by atoms with Crippen LogP contribution in [-0.2, 0) is 0 Å². The monoisotopic (exact) mass is 361 g/mol. The van der Waals surface area contributed by atoms with Crippen LogP contribution in [0.2, 0.25) is 5.02 Å². The number of carbonyl (C=O) groups is 2. The van der Waals surface area contributed by atoms with Crippen LogP contribution in [0.25, 0.3) is 0 Å². The van der Waals surface area contributed by atoms with Crippen LogP contribution in [0.1, 0.15) is 27.8 Å². The van der Waals surface area contributed by atoms with Crippen LogP contribution in [0.3, 0.4) is 0 Å². The van der Waals surface area contributed by atoms with Gasteiger partial charge in [-0.3, -0.25) is 9.59 Å². The van der Waals surface area contributed by atoms with Crippen molar-refractivity contribution in [1.82, 2.24) is 14.8 Å². The Labute approximate surface area is 151 Å². The van der Waals surface area contributed by atoms with Crippen molar-refractivity contribution < 1.29 is 14.3 Å². The fourth-order valence-electron chi connectivity index (χ4n) is 2.84. The van der Waals surface area contributed by atoms with Gasteiger partial charge in [-0.2, -0.15) is 0 Å². The van der Waals surface area contributed by atoms with E-state index in [9.17, 15) is 9.59 Å². The zero-order valence-corrected chi connectivity index (χ0v) is 14.8. The van der Waals surface area contributed by atoms with Gasteiger partial charge in [0.1, 0.15) is 11.4 Å². The molecule has 2 heterocycles. The molecule has 2 amide bonds. The molecule has 7 heteroatoms. The lowest BCUT2D eigenvalue weighted by Crippen LogP contribution is -2.50. The first-order valence-corrected chi connectivity index (χ1v) is 8.62. The minimum atomic E-state index is -0.0862. The third-order valence-corrected chi connectivity index (χ3v) is 4.46. The molecule has 0 saturated carbocycles. The lowest BCUT2D eigenvalue weighted by Gasteiger charge is -2.34. The average molecular weight is 362 g/mol. The van der Waals surface area contributed by atoms with Crippen molar-refractivity contribution in [2.24, 2.45) is 0 Å². The van der Waals surface area contributed by atoms with Crippen molar-refractivity contribution in [1.29, 1.82) is 0 Å². The first-order chi connectivity index (χ1) is 12.1. The lowest BCUT2D eigenvalue weighted by molar-refractivity contribution is 0.0532. The van der Waals surface area contributed by atoms with Gasteiger partial charge in [0.2, 0.25) is 0 Å². The van der Waals surface area contributed by atoms with Crippen molar-refractivity contribution in [2.75, 3.05) is 32.8 Å². The Hall–Kier alpha value is -2.47. The first kappa shape index (κ1) is 17.4. The molecule has 25 heavy (non-hydrogen) atoms. The summed E-state index contributed by atoms with van der Waals surface area (Å²) >= 11 is 6.16. The Balaban J connectivity index is 1.62. The molecule has 1 aromatic heterocycles. The number of rotatable bonds is 4. The molecule has 0 radical (unpaired) electrons. The number of ether oxygens (including phenoxy) is 1. The summed E-state index contributed by atoms with van der Waals surface area (Å²) in [5.41, 5.74) is 1.09. The second-order valence-corrected chi connectivity index (χ2v) is 6.15. The van der Waals surface area contributed by atoms with Gasteiger partial charge in [-0.25, -0.2) is 0 Å². The smallest absolute Gasteiger partial charge is 0.270 e. The van der Waals surface area contributed by atoms with E-state index in [2.05, 4.69) is 4.98 Å². The Morgan fingerprint density at radius 2 is 1.80 bits per heavy atom. The van der Waals surface area contributed by atoms with Gasteiger partial charge in [-0.15, -0.1) is 0 Å². The van der Waals surface area contributed by atoms with Crippen molar-refractivity contribution in [2.45, 2.75) is 6.92 Å². The molecule has 0 bridgehead atoms. The fraction of sp³-hybridized carbons (Fsp3) is 0.333. The molecule has 0 spiro atoms. The third-order valence-electron chi connectivity index (χ3n) is 4.16. The molecule has 1 N–H and O–H groups in total. The molecule has 2 aromatic rings. The number of amides is 2. The Bertz CT molecular complexity index is 753. The summed E-state index contributed by atoms with van der Waals surface area (Å²) in [4.78, 5) is 31.4. The van der Waals surface area contributed by atoms with Crippen molar-refractivity contribution in [3.05, 3.63) is 52.8 Å². The summed E-state index contributed by atoms with van der Waals surface area (Å²) in [6, 6.07) is 8.61. The molecule has 3 rings (SSSR count). The Morgan fingerprint density at radius 1 is 1.12 bits per heavy atom. The maximum Gasteiger partial charge on any atom is 0.270 e. The quantitative estimate of drug-likeness (QED) is 0.910. The van der Waals surface area contributed by atoms with E-state index < -0.39 is 0 Å². The van der Waals surface area contributed by atoms with Gasteiger partial charge < -0.3 is 19.5 Å². The Kier molecular flexibility index (Phi) is 5.28. The number of aromatic amines is 1. The lowest BCUT2D eigenvalue weighted by atomic mass is 10.1. The fourth-order valence-corrected chi connectivity index (χ4v) is 3.07. The van der Waals surface area contributed by atoms with Crippen LogP contribution in [0.5, 0.6) is 5.75 Å². The molecule has 1 aliphatic rings. The third kappa shape index (κ3) is 3.79. The molecule has 0 unspecified atom stereocenters. The summed E-state index contributed by atoms with van der Waals surface area (Å²) in [6.07, 6.45) is 1.72. The second kappa shape index (κ2) is 7.61. The number of halogens is 1. The van der Waals surface area contributed by atoms with Gasteiger partial charge in [0.15, 0.2) is 0 Å². The molecule has 0 aliphatic carbocycles. The number of nitrogens with zero attached hydrogens (tertiary/aromatic N) is 2. The van der Waals surface area contributed by atoms with E-state index in [1.54, 1.807) is 46.3 Å². The van der Waals surface area contributed by atoms with Crippen molar-refractivity contribution in [3.8, 4) is 5.75 Å².